The molecule has 0 aromatic heterocycles. The van der Waals surface area contributed by atoms with Crippen LogP contribution < -0.4 is 16.0 Å². The van der Waals surface area contributed by atoms with Crippen LogP contribution in [0.1, 0.15) is 24.0 Å². The zero-order chi connectivity index (χ0) is 17.5. The molecule has 0 saturated carbocycles. The number of hydrogen-bond donors (Lipinski definition) is 3. The lowest BCUT2D eigenvalue weighted by atomic mass is 10.1. The maximum atomic E-state index is 12.3. The molecule has 3 rings (SSSR count). The van der Waals surface area contributed by atoms with Gasteiger partial charge in [-0.05, 0) is 24.0 Å². The number of benzene rings is 2. The van der Waals surface area contributed by atoms with Gasteiger partial charge in [-0.3, -0.25) is 14.9 Å². The van der Waals surface area contributed by atoms with Gasteiger partial charge in [0.15, 0.2) is 0 Å². The molecule has 1 saturated heterocycles. The van der Waals surface area contributed by atoms with Gasteiger partial charge in [-0.15, -0.1) is 0 Å². The number of rotatable bonds is 6. The Balaban J connectivity index is 1.43. The maximum absolute atomic E-state index is 12.3. The summed E-state index contributed by atoms with van der Waals surface area (Å²) in [6.07, 6.45) is 1.34. The minimum atomic E-state index is -0.309. The molecule has 2 aromatic rings. The number of hydrogen-bond acceptors (Lipinski definition) is 3. The van der Waals surface area contributed by atoms with Crippen LogP contribution in [0.5, 0.6) is 0 Å². The lowest BCUT2D eigenvalue weighted by molar-refractivity contribution is -0.124. The molecule has 0 bridgehead atoms. The zero-order valence-corrected chi connectivity index (χ0v) is 14.1. The lowest BCUT2D eigenvalue weighted by Gasteiger charge is -2.15. The Morgan fingerprint density at radius 1 is 0.760 bits per heavy atom. The fourth-order valence-electron chi connectivity index (χ4n) is 2.97. The van der Waals surface area contributed by atoms with Crippen molar-refractivity contribution < 1.29 is 9.59 Å². The Labute approximate surface area is 147 Å². The second-order valence-electron chi connectivity index (χ2n) is 6.26. The third-order valence-corrected chi connectivity index (χ3v) is 4.40. The molecule has 2 atom stereocenters. The van der Waals surface area contributed by atoms with Crippen LogP contribution in [0.2, 0.25) is 0 Å². The molecule has 0 radical (unpaired) electrons. The fourth-order valence-corrected chi connectivity index (χ4v) is 2.97. The average molecular weight is 337 g/mol. The van der Waals surface area contributed by atoms with E-state index in [-0.39, 0.29) is 23.9 Å². The topological polar surface area (TPSA) is 70.2 Å². The first-order valence-electron chi connectivity index (χ1n) is 8.62. The molecular weight excluding hydrogens is 314 g/mol. The highest BCUT2D eigenvalue weighted by Gasteiger charge is 2.32. The van der Waals surface area contributed by atoms with Crippen LogP contribution >= 0.6 is 0 Å². The SMILES string of the molecule is O=C(NCc1ccccc1)[C@H]1CC[C@H](C(=O)NCc2ccccc2)N1. The van der Waals surface area contributed by atoms with Crippen molar-refractivity contribution in [1.29, 1.82) is 0 Å². The van der Waals surface area contributed by atoms with E-state index in [1.165, 1.54) is 0 Å². The predicted molar refractivity (Wildman–Crippen MR) is 96.5 cm³/mol. The van der Waals surface area contributed by atoms with Gasteiger partial charge >= 0.3 is 0 Å². The quantitative estimate of drug-likeness (QED) is 0.752. The van der Waals surface area contributed by atoms with Crippen molar-refractivity contribution >= 4 is 11.8 Å². The van der Waals surface area contributed by atoms with E-state index in [0.29, 0.717) is 25.9 Å². The van der Waals surface area contributed by atoms with Crippen molar-refractivity contribution in [2.75, 3.05) is 0 Å². The average Bonchev–Trinajstić information content (AvgIpc) is 3.16. The summed E-state index contributed by atoms with van der Waals surface area (Å²) in [6, 6.07) is 19.0. The molecule has 0 unspecified atom stereocenters. The highest BCUT2D eigenvalue weighted by Crippen LogP contribution is 2.13. The molecule has 130 valence electrons. The van der Waals surface area contributed by atoms with Crippen LogP contribution in [0.3, 0.4) is 0 Å². The predicted octanol–water partition coefficient (Wildman–Crippen LogP) is 1.74. The monoisotopic (exact) mass is 337 g/mol. The summed E-state index contributed by atoms with van der Waals surface area (Å²) in [4.78, 5) is 24.5. The lowest BCUT2D eigenvalue weighted by Crippen LogP contribution is -2.47. The van der Waals surface area contributed by atoms with E-state index in [2.05, 4.69) is 16.0 Å². The Hall–Kier alpha value is -2.66. The number of carbonyl (C=O) groups is 2. The van der Waals surface area contributed by atoms with Crippen molar-refractivity contribution in [2.24, 2.45) is 0 Å². The second-order valence-corrected chi connectivity index (χ2v) is 6.26. The van der Waals surface area contributed by atoms with E-state index in [1.807, 2.05) is 60.7 Å². The van der Waals surface area contributed by atoms with Gasteiger partial charge in [-0.1, -0.05) is 60.7 Å². The van der Waals surface area contributed by atoms with Crippen molar-refractivity contribution in [3.8, 4) is 0 Å². The Kier molecular flexibility index (Phi) is 5.80. The van der Waals surface area contributed by atoms with Crippen LogP contribution in [0.15, 0.2) is 60.7 Å². The first-order chi connectivity index (χ1) is 12.2. The molecule has 1 aliphatic heterocycles. The van der Waals surface area contributed by atoms with Gasteiger partial charge in [0, 0.05) is 13.1 Å². The van der Waals surface area contributed by atoms with Crippen LogP contribution in [-0.4, -0.2) is 23.9 Å². The van der Waals surface area contributed by atoms with Gasteiger partial charge in [0.25, 0.3) is 0 Å². The minimum absolute atomic E-state index is 0.0535. The molecule has 1 aliphatic rings. The molecule has 1 fully saturated rings. The third kappa shape index (κ3) is 4.90. The molecule has 0 spiro atoms. The molecule has 1 heterocycles. The van der Waals surface area contributed by atoms with Gasteiger partial charge in [-0.25, -0.2) is 0 Å². The summed E-state index contributed by atoms with van der Waals surface area (Å²) < 4.78 is 0. The highest BCUT2D eigenvalue weighted by molar-refractivity contribution is 5.86. The Morgan fingerprint density at radius 2 is 1.16 bits per heavy atom. The van der Waals surface area contributed by atoms with Gasteiger partial charge < -0.3 is 10.6 Å². The summed E-state index contributed by atoms with van der Waals surface area (Å²) in [7, 11) is 0. The standard InChI is InChI=1S/C20H23N3O2/c24-19(21-13-15-7-3-1-4-8-15)17-11-12-18(23-17)20(25)22-14-16-9-5-2-6-10-16/h1-10,17-18,23H,11-14H2,(H,21,24)(H,22,25)/t17-,18-/m1/s1. The van der Waals surface area contributed by atoms with Gasteiger partial charge in [0.1, 0.15) is 0 Å². The normalized spacial score (nSPS) is 19.4. The first-order valence-corrected chi connectivity index (χ1v) is 8.62. The summed E-state index contributed by atoms with van der Waals surface area (Å²) in [5.41, 5.74) is 2.12. The molecule has 3 N–H and O–H groups in total. The van der Waals surface area contributed by atoms with Crippen molar-refractivity contribution in [1.82, 2.24) is 16.0 Å². The highest BCUT2D eigenvalue weighted by atomic mass is 16.2. The molecule has 0 aliphatic carbocycles. The minimum Gasteiger partial charge on any atom is -0.351 e. The van der Waals surface area contributed by atoms with E-state index in [1.54, 1.807) is 0 Å². The molecule has 2 aromatic carbocycles. The molecule has 25 heavy (non-hydrogen) atoms. The van der Waals surface area contributed by atoms with E-state index in [4.69, 9.17) is 0 Å². The van der Waals surface area contributed by atoms with Crippen molar-refractivity contribution in [3.05, 3.63) is 71.8 Å². The van der Waals surface area contributed by atoms with Gasteiger partial charge in [-0.2, -0.15) is 0 Å². The largest absolute Gasteiger partial charge is 0.351 e. The Morgan fingerprint density at radius 3 is 1.56 bits per heavy atom. The smallest absolute Gasteiger partial charge is 0.237 e. The van der Waals surface area contributed by atoms with Crippen LogP contribution in [0.25, 0.3) is 0 Å². The third-order valence-electron chi connectivity index (χ3n) is 4.40. The van der Waals surface area contributed by atoms with E-state index in [9.17, 15) is 9.59 Å². The molecule has 5 heteroatoms. The van der Waals surface area contributed by atoms with E-state index in [0.717, 1.165) is 11.1 Å². The summed E-state index contributed by atoms with van der Waals surface area (Å²) in [6.45, 7) is 1.01. The number of carbonyl (C=O) groups excluding carboxylic acids is 2. The first kappa shape index (κ1) is 17.2. The van der Waals surface area contributed by atoms with Crippen molar-refractivity contribution in [3.63, 3.8) is 0 Å². The van der Waals surface area contributed by atoms with Crippen molar-refractivity contribution in [2.45, 2.75) is 38.0 Å². The molecule has 5 nitrogen and oxygen atoms in total. The molecular formula is C20H23N3O2. The van der Waals surface area contributed by atoms with Crippen LogP contribution in [0, 0.1) is 0 Å². The second kappa shape index (κ2) is 8.44. The Bertz CT molecular complexity index is 642. The summed E-state index contributed by atoms with van der Waals surface area (Å²) >= 11 is 0. The molecule has 2 amide bonds. The zero-order valence-electron chi connectivity index (χ0n) is 14.1. The van der Waals surface area contributed by atoms with E-state index < -0.39 is 0 Å². The summed E-state index contributed by atoms with van der Waals surface area (Å²) in [5.74, 6) is -0.107. The van der Waals surface area contributed by atoms with Gasteiger partial charge in [0.2, 0.25) is 11.8 Å². The fraction of sp³-hybridized carbons (Fsp3) is 0.300. The van der Waals surface area contributed by atoms with E-state index >= 15 is 0 Å². The maximum Gasteiger partial charge on any atom is 0.237 e. The number of amides is 2. The van der Waals surface area contributed by atoms with Crippen LogP contribution in [-0.2, 0) is 22.7 Å². The van der Waals surface area contributed by atoms with Gasteiger partial charge in [0.05, 0.1) is 12.1 Å². The van der Waals surface area contributed by atoms with Crippen LogP contribution in [0.4, 0.5) is 0 Å². The number of nitrogens with one attached hydrogen (secondary N) is 3. The summed E-state index contributed by atoms with van der Waals surface area (Å²) in [5, 5.41) is 8.99.